The minimum absolute atomic E-state index is 0. The van der Waals surface area contributed by atoms with Gasteiger partial charge >= 0.3 is 0 Å². The number of methoxy groups -OCH3 is 1. The van der Waals surface area contributed by atoms with Crippen molar-refractivity contribution in [1.29, 1.82) is 0 Å². The summed E-state index contributed by atoms with van der Waals surface area (Å²) in [6, 6.07) is 6.95. The van der Waals surface area contributed by atoms with Gasteiger partial charge in [0, 0.05) is 41.3 Å². The zero-order chi connectivity index (χ0) is 20.0. The molecule has 0 spiro atoms. The molecule has 1 rings (SSSR count). The van der Waals surface area contributed by atoms with Gasteiger partial charge in [-0.15, -0.1) is 24.0 Å². The average molecular weight is 512 g/mol. The predicted molar refractivity (Wildman–Crippen MR) is 121 cm³/mol. The number of hydrogen-bond donors (Lipinski definition) is 2. The third kappa shape index (κ3) is 7.55. The van der Waals surface area contributed by atoms with Gasteiger partial charge in [-0.25, -0.2) is 12.7 Å². The highest BCUT2D eigenvalue weighted by Crippen LogP contribution is 2.21. The van der Waals surface area contributed by atoms with E-state index in [1.54, 1.807) is 32.4 Å². The molecule has 0 radical (unpaired) electrons. The molecule has 0 saturated heterocycles. The van der Waals surface area contributed by atoms with Gasteiger partial charge in [-0.05, 0) is 17.0 Å². The van der Waals surface area contributed by atoms with Crippen LogP contribution < -0.4 is 10.6 Å². The van der Waals surface area contributed by atoms with E-state index in [1.165, 1.54) is 18.4 Å². The summed E-state index contributed by atoms with van der Waals surface area (Å²) in [6.45, 7) is 7.28. The van der Waals surface area contributed by atoms with Crippen LogP contribution >= 0.6 is 24.0 Å². The molecular weight excluding hydrogens is 479 g/mol. The second kappa shape index (κ2) is 11.2. The van der Waals surface area contributed by atoms with Crippen LogP contribution in [-0.2, 0) is 21.3 Å². The van der Waals surface area contributed by atoms with Gasteiger partial charge in [-0.2, -0.15) is 0 Å². The first kappa shape index (κ1) is 26.1. The molecule has 0 fully saturated rings. The monoisotopic (exact) mass is 512 g/mol. The quantitative estimate of drug-likeness (QED) is 0.333. The van der Waals surface area contributed by atoms with Crippen molar-refractivity contribution in [1.82, 2.24) is 14.9 Å². The standard InChI is InChI=1S/C18H32N4O3S.HI/c1-18(2,3)16(25-7)13-21-17(19-4)20-12-14-10-8-9-11-15(14)26(23,24)22(5)6;/h8-11,16H,12-13H2,1-7H3,(H2,19,20,21);1H. The number of aliphatic imine (C=N–C) groups is 1. The Morgan fingerprint density at radius 3 is 2.30 bits per heavy atom. The number of halogens is 1. The van der Waals surface area contributed by atoms with Crippen molar-refractivity contribution < 1.29 is 13.2 Å². The zero-order valence-electron chi connectivity index (χ0n) is 17.2. The molecule has 9 heteroatoms. The molecule has 0 aliphatic rings. The SMILES string of the molecule is CN=C(NCc1ccccc1S(=O)(=O)N(C)C)NCC(OC)C(C)(C)C.I. The summed E-state index contributed by atoms with van der Waals surface area (Å²) < 4.78 is 31.7. The molecule has 1 aromatic rings. The summed E-state index contributed by atoms with van der Waals surface area (Å²) in [5, 5.41) is 6.40. The zero-order valence-corrected chi connectivity index (χ0v) is 20.4. The summed E-state index contributed by atoms with van der Waals surface area (Å²) in [5.41, 5.74) is 0.677. The molecule has 0 aliphatic heterocycles. The minimum Gasteiger partial charge on any atom is -0.379 e. The van der Waals surface area contributed by atoms with Crippen LogP contribution in [-0.4, -0.2) is 59.6 Å². The maximum Gasteiger partial charge on any atom is 0.242 e. The Bertz CT molecular complexity index is 716. The van der Waals surface area contributed by atoms with Crippen LogP contribution in [0.3, 0.4) is 0 Å². The van der Waals surface area contributed by atoms with Crippen molar-refractivity contribution in [3.63, 3.8) is 0 Å². The third-order valence-corrected chi connectivity index (χ3v) is 6.02. The highest BCUT2D eigenvalue weighted by molar-refractivity contribution is 14.0. The molecule has 0 aliphatic carbocycles. The molecule has 27 heavy (non-hydrogen) atoms. The lowest BCUT2D eigenvalue weighted by Crippen LogP contribution is -2.45. The van der Waals surface area contributed by atoms with Crippen molar-refractivity contribution >= 4 is 40.0 Å². The number of sulfonamides is 1. The Hall–Kier alpha value is -0.910. The summed E-state index contributed by atoms with van der Waals surface area (Å²) in [7, 11) is 2.92. The number of ether oxygens (including phenoxy) is 1. The first-order valence-electron chi connectivity index (χ1n) is 8.51. The summed E-state index contributed by atoms with van der Waals surface area (Å²) in [5.74, 6) is 0.591. The maximum absolute atomic E-state index is 12.5. The number of rotatable bonds is 7. The lowest BCUT2D eigenvalue weighted by Gasteiger charge is -2.30. The van der Waals surface area contributed by atoms with Crippen molar-refractivity contribution in [3.8, 4) is 0 Å². The Balaban J connectivity index is 0.00000676. The molecule has 0 saturated carbocycles. The van der Waals surface area contributed by atoms with E-state index in [0.29, 0.717) is 24.6 Å². The average Bonchev–Trinajstić information content (AvgIpc) is 2.57. The lowest BCUT2D eigenvalue weighted by molar-refractivity contribution is 0.0205. The van der Waals surface area contributed by atoms with Crippen LogP contribution in [0.25, 0.3) is 0 Å². The largest absolute Gasteiger partial charge is 0.379 e. The summed E-state index contributed by atoms with van der Waals surface area (Å²) in [4.78, 5) is 4.49. The molecule has 0 bridgehead atoms. The molecule has 1 atom stereocenters. The molecule has 7 nitrogen and oxygen atoms in total. The Morgan fingerprint density at radius 2 is 1.81 bits per heavy atom. The first-order chi connectivity index (χ1) is 12.0. The molecule has 1 unspecified atom stereocenters. The van der Waals surface area contributed by atoms with Crippen molar-refractivity contribution in [2.24, 2.45) is 10.4 Å². The van der Waals surface area contributed by atoms with Crippen LogP contribution in [0.2, 0.25) is 0 Å². The van der Waals surface area contributed by atoms with Gasteiger partial charge in [0.2, 0.25) is 10.0 Å². The lowest BCUT2D eigenvalue weighted by atomic mass is 9.89. The fourth-order valence-electron chi connectivity index (χ4n) is 2.43. The highest BCUT2D eigenvalue weighted by Gasteiger charge is 2.24. The van der Waals surface area contributed by atoms with Crippen LogP contribution in [0.15, 0.2) is 34.2 Å². The Morgan fingerprint density at radius 1 is 1.22 bits per heavy atom. The smallest absolute Gasteiger partial charge is 0.242 e. The number of benzene rings is 1. The van der Waals surface area contributed by atoms with E-state index in [1.807, 2.05) is 6.07 Å². The van der Waals surface area contributed by atoms with Gasteiger partial charge in [0.1, 0.15) is 0 Å². The number of nitrogens with zero attached hydrogens (tertiary/aromatic N) is 2. The summed E-state index contributed by atoms with van der Waals surface area (Å²) in [6.07, 6.45) is 0.0162. The van der Waals surface area contributed by atoms with E-state index in [-0.39, 0.29) is 40.4 Å². The van der Waals surface area contributed by atoms with Crippen LogP contribution in [0.4, 0.5) is 0 Å². The van der Waals surface area contributed by atoms with Crippen molar-refractivity contribution in [2.45, 2.75) is 38.3 Å². The fourth-order valence-corrected chi connectivity index (χ4v) is 3.55. The van der Waals surface area contributed by atoms with Gasteiger partial charge in [-0.3, -0.25) is 4.99 Å². The third-order valence-electron chi connectivity index (χ3n) is 4.11. The molecular formula is C18H33IN4O3S. The van der Waals surface area contributed by atoms with Crippen molar-refractivity contribution in [3.05, 3.63) is 29.8 Å². The minimum atomic E-state index is -3.50. The van der Waals surface area contributed by atoms with E-state index >= 15 is 0 Å². The van der Waals surface area contributed by atoms with E-state index in [9.17, 15) is 8.42 Å². The second-order valence-corrected chi connectivity index (χ2v) is 9.41. The maximum atomic E-state index is 12.5. The molecule has 0 aromatic heterocycles. The van der Waals surface area contributed by atoms with Gasteiger partial charge < -0.3 is 15.4 Å². The van der Waals surface area contributed by atoms with E-state index in [2.05, 4.69) is 36.4 Å². The molecule has 2 N–H and O–H groups in total. The van der Waals surface area contributed by atoms with Gasteiger partial charge in [0.15, 0.2) is 5.96 Å². The van der Waals surface area contributed by atoms with Crippen LogP contribution in [0.5, 0.6) is 0 Å². The molecule has 0 heterocycles. The van der Waals surface area contributed by atoms with Crippen molar-refractivity contribution in [2.75, 3.05) is 34.8 Å². The Labute approximate surface area is 181 Å². The topological polar surface area (TPSA) is 83.0 Å². The Kier molecular flexibility index (Phi) is 10.8. The van der Waals surface area contributed by atoms with Crippen LogP contribution in [0.1, 0.15) is 26.3 Å². The number of nitrogens with one attached hydrogen (secondary N) is 2. The molecule has 1 aromatic carbocycles. The van der Waals surface area contributed by atoms with E-state index in [4.69, 9.17) is 4.74 Å². The molecule has 156 valence electrons. The normalized spacial score (nSPS) is 13.9. The van der Waals surface area contributed by atoms with Gasteiger partial charge in [-0.1, -0.05) is 39.0 Å². The first-order valence-corrected chi connectivity index (χ1v) is 9.95. The van der Waals surface area contributed by atoms with Crippen LogP contribution in [0, 0.1) is 5.41 Å². The van der Waals surface area contributed by atoms with E-state index < -0.39 is 10.0 Å². The predicted octanol–water partition coefficient (Wildman–Crippen LogP) is 2.28. The molecule has 0 amide bonds. The van der Waals surface area contributed by atoms with Gasteiger partial charge in [0.05, 0.1) is 11.0 Å². The number of hydrogen-bond acceptors (Lipinski definition) is 4. The van der Waals surface area contributed by atoms with Gasteiger partial charge in [0.25, 0.3) is 0 Å². The summed E-state index contributed by atoms with van der Waals surface area (Å²) >= 11 is 0. The second-order valence-electron chi connectivity index (χ2n) is 7.29. The highest BCUT2D eigenvalue weighted by atomic mass is 127. The van der Waals surface area contributed by atoms with E-state index in [0.717, 1.165) is 0 Å². The fraction of sp³-hybridized carbons (Fsp3) is 0.611. The number of guanidine groups is 1.